The number of nitrogens with zero attached hydrogens (tertiary/aromatic N) is 1. The SMILES string of the molecule is Cc1cc(=O)[nH]c2ccc(NC(=O)c3cc(C(N)=O)ccc3N3CCOCC3)cc12. The van der Waals surface area contributed by atoms with Gasteiger partial charge in [0.15, 0.2) is 0 Å². The van der Waals surface area contributed by atoms with Crippen molar-refractivity contribution in [2.24, 2.45) is 5.73 Å². The number of aromatic nitrogens is 1. The number of primary amides is 1. The van der Waals surface area contributed by atoms with E-state index >= 15 is 0 Å². The third-order valence-corrected chi connectivity index (χ3v) is 5.19. The van der Waals surface area contributed by atoms with E-state index in [1.807, 2.05) is 13.0 Å². The van der Waals surface area contributed by atoms with Crippen LogP contribution in [0.1, 0.15) is 26.3 Å². The predicted octanol–water partition coefficient (Wildman–Crippen LogP) is 2.02. The molecule has 4 rings (SSSR count). The normalized spacial score (nSPS) is 14.0. The lowest BCUT2D eigenvalue weighted by molar-refractivity contribution is 0.1000. The second-order valence-electron chi connectivity index (χ2n) is 7.23. The van der Waals surface area contributed by atoms with Gasteiger partial charge in [-0.1, -0.05) is 0 Å². The number of pyridine rings is 1. The lowest BCUT2D eigenvalue weighted by atomic mass is 10.1. The Morgan fingerprint density at radius 1 is 1.10 bits per heavy atom. The first-order chi connectivity index (χ1) is 14.4. The minimum Gasteiger partial charge on any atom is -0.378 e. The zero-order valence-corrected chi connectivity index (χ0v) is 16.5. The molecule has 0 radical (unpaired) electrons. The van der Waals surface area contributed by atoms with Crippen LogP contribution in [0.25, 0.3) is 10.9 Å². The van der Waals surface area contributed by atoms with Crippen molar-refractivity contribution in [3.63, 3.8) is 0 Å². The van der Waals surface area contributed by atoms with Crippen molar-refractivity contribution >= 4 is 34.1 Å². The topological polar surface area (TPSA) is 118 Å². The Morgan fingerprint density at radius 3 is 2.60 bits per heavy atom. The molecule has 0 aliphatic carbocycles. The average molecular weight is 406 g/mol. The van der Waals surface area contributed by atoms with Crippen molar-refractivity contribution in [3.05, 3.63) is 69.5 Å². The van der Waals surface area contributed by atoms with E-state index in [1.54, 1.807) is 24.3 Å². The number of nitrogens with one attached hydrogen (secondary N) is 2. The highest BCUT2D eigenvalue weighted by Gasteiger charge is 2.20. The Balaban J connectivity index is 1.69. The maximum atomic E-state index is 13.1. The lowest BCUT2D eigenvalue weighted by Crippen LogP contribution is -2.37. The Morgan fingerprint density at radius 2 is 1.87 bits per heavy atom. The lowest BCUT2D eigenvalue weighted by Gasteiger charge is -2.30. The number of fused-ring (bicyclic) bond motifs is 1. The zero-order chi connectivity index (χ0) is 21.3. The van der Waals surface area contributed by atoms with Crippen LogP contribution in [0, 0.1) is 6.92 Å². The number of benzene rings is 2. The van der Waals surface area contributed by atoms with E-state index in [2.05, 4.69) is 15.2 Å². The van der Waals surface area contributed by atoms with Gasteiger partial charge in [-0.05, 0) is 48.9 Å². The van der Waals surface area contributed by atoms with Gasteiger partial charge >= 0.3 is 0 Å². The number of morpholine rings is 1. The molecule has 2 aromatic carbocycles. The number of carbonyl (C=O) groups excluding carboxylic acids is 2. The molecule has 4 N–H and O–H groups in total. The Hall–Kier alpha value is -3.65. The molecule has 2 amide bonds. The molecule has 2 heterocycles. The third-order valence-electron chi connectivity index (χ3n) is 5.19. The molecule has 0 unspecified atom stereocenters. The van der Waals surface area contributed by atoms with Crippen LogP contribution < -0.4 is 21.5 Å². The maximum absolute atomic E-state index is 13.1. The second-order valence-corrected chi connectivity index (χ2v) is 7.23. The fourth-order valence-electron chi connectivity index (χ4n) is 3.65. The summed E-state index contributed by atoms with van der Waals surface area (Å²) in [4.78, 5) is 41.3. The molecule has 1 saturated heterocycles. The molecular formula is C22H22N4O4. The Labute approximate surface area is 172 Å². The van der Waals surface area contributed by atoms with E-state index in [1.165, 1.54) is 12.1 Å². The van der Waals surface area contributed by atoms with Crippen LogP contribution in [0.15, 0.2) is 47.3 Å². The third kappa shape index (κ3) is 3.90. The fourth-order valence-corrected chi connectivity index (χ4v) is 3.65. The summed E-state index contributed by atoms with van der Waals surface area (Å²) in [6, 6.07) is 11.7. The predicted molar refractivity (Wildman–Crippen MR) is 115 cm³/mol. The first-order valence-electron chi connectivity index (χ1n) is 9.64. The highest BCUT2D eigenvalue weighted by Crippen LogP contribution is 2.26. The van der Waals surface area contributed by atoms with E-state index in [9.17, 15) is 14.4 Å². The number of nitrogens with two attached hydrogens (primary N) is 1. The fraction of sp³-hybridized carbons (Fsp3) is 0.227. The minimum absolute atomic E-state index is 0.171. The van der Waals surface area contributed by atoms with Gasteiger partial charge in [0.25, 0.3) is 5.91 Å². The molecule has 8 nitrogen and oxygen atoms in total. The van der Waals surface area contributed by atoms with Crippen molar-refractivity contribution in [2.45, 2.75) is 6.92 Å². The van der Waals surface area contributed by atoms with Gasteiger partial charge in [0.1, 0.15) is 0 Å². The van der Waals surface area contributed by atoms with Gasteiger partial charge in [-0.2, -0.15) is 0 Å². The number of hydrogen-bond donors (Lipinski definition) is 3. The van der Waals surface area contributed by atoms with E-state index in [-0.39, 0.29) is 17.0 Å². The summed E-state index contributed by atoms with van der Waals surface area (Å²) in [6.07, 6.45) is 0. The van der Waals surface area contributed by atoms with Crippen molar-refractivity contribution in [1.82, 2.24) is 4.98 Å². The number of carbonyl (C=O) groups is 2. The molecule has 0 spiro atoms. The van der Waals surface area contributed by atoms with Crippen LogP contribution >= 0.6 is 0 Å². The molecule has 1 aliphatic rings. The van der Waals surface area contributed by atoms with Crippen LogP contribution in [0.5, 0.6) is 0 Å². The Bertz CT molecular complexity index is 1200. The maximum Gasteiger partial charge on any atom is 0.257 e. The first-order valence-corrected chi connectivity index (χ1v) is 9.64. The number of amides is 2. The molecule has 154 valence electrons. The monoisotopic (exact) mass is 406 g/mol. The molecule has 0 bridgehead atoms. The van der Waals surface area contributed by atoms with Crippen LogP contribution in [0.4, 0.5) is 11.4 Å². The summed E-state index contributed by atoms with van der Waals surface area (Å²) in [5.74, 6) is -0.941. The van der Waals surface area contributed by atoms with E-state index < -0.39 is 5.91 Å². The zero-order valence-electron chi connectivity index (χ0n) is 16.5. The summed E-state index contributed by atoms with van der Waals surface area (Å²) in [6.45, 7) is 4.29. The molecule has 30 heavy (non-hydrogen) atoms. The molecule has 8 heteroatoms. The van der Waals surface area contributed by atoms with Crippen LogP contribution in [0.3, 0.4) is 0 Å². The van der Waals surface area contributed by atoms with Crippen molar-refractivity contribution in [2.75, 3.05) is 36.5 Å². The van der Waals surface area contributed by atoms with Gasteiger partial charge in [-0.3, -0.25) is 14.4 Å². The van der Waals surface area contributed by atoms with Gasteiger partial charge in [0.2, 0.25) is 11.5 Å². The van der Waals surface area contributed by atoms with Gasteiger partial charge in [0.05, 0.1) is 18.8 Å². The number of H-pyrrole nitrogens is 1. The van der Waals surface area contributed by atoms with Crippen molar-refractivity contribution < 1.29 is 14.3 Å². The molecule has 1 aliphatic heterocycles. The van der Waals surface area contributed by atoms with Gasteiger partial charge in [-0.25, -0.2) is 0 Å². The molecule has 3 aromatic rings. The van der Waals surface area contributed by atoms with Gasteiger partial charge in [0, 0.05) is 47.0 Å². The highest BCUT2D eigenvalue weighted by molar-refractivity contribution is 6.10. The van der Waals surface area contributed by atoms with Gasteiger partial charge in [-0.15, -0.1) is 0 Å². The minimum atomic E-state index is -0.595. The number of aryl methyl sites for hydroxylation is 1. The molecule has 1 aromatic heterocycles. The summed E-state index contributed by atoms with van der Waals surface area (Å²) >= 11 is 0. The Kier molecular flexibility index (Phi) is 5.24. The molecule has 0 atom stereocenters. The van der Waals surface area contributed by atoms with Crippen LogP contribution in [0.2, 0.25) is 0 Å². The number of rotatable bonds is 4. The summed E-state index contributed by atoms with van der Waals surface area (Å²) in [5.41, 5.74) is 8.70. The van der Waals surface area contributed by atoms with Crippen LogP contribution in [-0.2, 0) is 4.74 Å². The van der Waals surface area contributed by atoms with E-state index in [0.29, 0.717) is 43.1 Å². The smallest absolute Gasteiger partial charge is 0.257 e. The largest absolute Gasteiger partial charge is 0.378 e. The number of ether oxygens (including phenoxy) is 1. The first kappa shape index (κ1) is 19.7. The summed E-state index contributed by atoms with van der Waals surface area (Å²) in [5, 5.41) is 3.74. The second kappa shape index (κ2) is 8.00. The van der Waals surface area contributed by atoms with E-state index in [0.717, 1.165) is 16.6 Å². The van der Waals surface area contributed by atoms with Gasteiger partial charge < -0.3 is 25.7 Å². The molecule has 1 fully saturated rings. The number of hydrogen-bond acceptors (Lipinski definition) is 5. The number of aromatic amines is 1. The average Bonchev–Trinajstić information content (AvgIpc) is 2.74. The van der Waals surface area contributed by atoms with Crippen molar-refractivity contribution in [3.8, 4) is 0 Å². The summed E-state index contributed by atoms with van der Waals surface area (Å²) in [7, 11) is 0. The highest BCUT2D eigenvalue weighted by atomic mass is 16.5. The quantitative estimate of drug-likeness (QED) is 0.613. The van der Waals surface area contributed by atoms with E-state index in [4.69, 9.17) is 10.5 Å². The standard InChI is InChI=1S/C22H22N4O4/c1-13-10-20(27)25-18-4-3-15(12-16(13)18)24-22(29)17-11-14(21(23)28)2-5-19(17)26-6-8-30-9-7-26/h2-5,10-12H,6-9H2,1H3,(H2,23,28)(H,24,29)(H,25,27). The van der Waals surface area contributed by atoms with Crippen molar-refractivity contribution in [1.29, 1.82) is 0 Å². The number of anilines is 2. The molecule has 0 saturated carbocycles. The molecular weight excluding hydrogens is 384 g/mol. The summed E-state index contributed by atoms with van der Waals surface area (Å²) < 4.78 is 5.40. The van der Waals surface area contributed by atoms with Crippen LogP contribution in [-0.4, -0.2) is 43.1 Å².